The molecule has 7 nitrogen and oxygen atoms in total. The average molecular weight is 414 g/mol. The molecule has 0 unspecified atom stereocenters. The summed E-state index contributed by atoms with van der Waals surface area (Å²) < 4.78 is 13.2. The van der Waals surface area contributed by atoms with Crippen LogP contribution in [0.15, 0.2) is 58.7 Å². The van der Waals surface area contributed by atoms with Gasteiger partial charge >= 0.3 is 0 Å². The van der Waals surface area contributed by atoms with Crippen LogP contribution in [0.2, 0.25) is 0 Å². The van der Waals surface area contributed by atoms with Crippen LogP contribution in [0.3, 0.4) is 0 Å². The van der Waals surface area contributed by atoms with Gasteiger partial charge in [0.15, 0.2) is 5.17 Å². The summed E-state index contributed by atoms with van der Waals surface area (Å²) in [5, 5.41) is 19.3. The molecule has 3 rings (SSSR count). The highest BCUT2D eigenvalue weighted by molar-refractivity contribution is 8.15. The fourth-order valence-corrected chi connectivity index (χ4v) is 4.03. The van der Waals surface area contributed by atoms with Crippen LogP contribution in [0.1, 0.15) is 30.9 Å². The summed E-state index contributed by atoms with van der Waals surface area (Å²) in [6, 6.07) is 12.0. The van der Waals surface area contributed by atoms with E-state index in [2.05, 4.69) is 10.2 Å². The number of nitro benzene ring substituents is 1. The Morgan fingerprint density at radius 2 is 2.03 bits per heavy atom. The first-order valence-electron chi connectivity index (χ1n) is 9.06. The smallest absolute Gasteiger partial charge is 0.270 e. The van der Waals surface area contributed by atoms with Crippen LogP contribution in [0.25, 0.3) is 0 Å². The molecule has 1 fully saturated rings. The molecule has 29 heavy (non-hydrogen) atoms. The first-order chi connectivity index (χ1) is 14.0. The van der Waals surface area contributed by atoms with Crippen molar-refractivity contribution < 1.29 is 14.1 Å². The zero-order valence-corrected chi connectivity index (χ0v) is 16.5. The summed E-state index contributed by atoms with van der Waals surface area (Å²) in [5.41, 5.74) is 1.29. The Kier molecular flexibility index (Phi) is 6.71. The summed E-state index contributed by atoms with van der Waals surface area (Å²) in [6.07, 6.45) is 2.99. The maximum atomic E-state index is 13.2. The third-order valence-corrected chi connectivity index (χ3v) is 5.49. The van der Waals surface area contributed by atoms with E-state index < -0.39 is 4.92 Å². The summed E-state index contributed by atoms with van der Waals surface area (Å²) in [7, 11) is 0. The van der Waals surface area contributed by atoms with Crippen molar-refractivity contribution in [1.29, 1.82) is 0 Å². The minimum Gasteiger partial charge on any atom is -0.284 e. The lowest BCUT2D eigenvalue weighted by atomic mass is 10.2. The van der Waals surface area contributed by atoms with E-state index in [1.165, 1.54) is 42.2 Å². The van der Waals surface area contributed by atoms with Gasteiger partial charge in [-0.1, -0.05) is 49.4 Å². The number of nitrogens with zero attached hydrogens (tertiary/aromatic N) is 4. The fraction of sp³-hybridized carbons (Fsp3) is 0.250. The summed E-state index contributed by atoms with van der Waals surface area (Å²) >= 11 is 1.35. The van der Waals surface area contributed by atoms with E-state index in [0.717, 1.165) is 18.4 Å². The van der Waals surface area contributed by atoms with Crippen LogP contribution in [0.5, 0.6) is 0 Å². The number of benzene rings is 2. The predicted octanol–water partition coefficient (Wildman–Crippen LogP) is 4.37. The lowest BCUT2D eigenvalue weighted by Gasteiger charge is -2.15. The van der Waals surface area contributed by atoms with Crippen molar-refractivity contribution in [3.05, 3.63) is 75.6 Å². The van der Waals surface area contributed by atoms with Gasteiger partial charge in [0.2, 0.25) is 5.91 Å². The molecule has 1 saturated heterocycles. The highest BCUT2D eigenvalue weighted by atomic mass is 32.2. The van der Waals surface area contributed by atoms with Gasteiger partial charge in [0.25, 0.3) is 5.69 Å². The number of carbonyl (C=O) groups excluding carboxylic acids is 1. The number of carbonyl (C=O) groups is 1. The first-order valence-corrected chi connectivity index (χ1v) is 9.94. The normalized spacial score (nSPS) is 18.1. The van der Waals surface area contributed by atoms with Gasteiger partial charge in [-0.05, 0) is 24.1 Å². The number of halogens is 1. The van der Waals surface area contributed by atoms with Crippen molar-refractivity contribution in [3.63, 3.8) is 0 Å². The summed E-state index contributed by atoms with van der Waals surface area (Å²) in [4.78, 5) is 24.7. The number of hydrogen-bond donors (Lipinski definition) is 0. The number of hydrogen-bond acceptors (Lipinski definition) is 6. The molecule has 150 valence electrons. The second-order valence-corrected chi connectivity index (χ2v) is 7.60. The van der Waals surface area contributed by atoms with Crippen molar-refractivity contribution in [1.82, 2.24) is 4.90 Å². The molecule has 9 heteroatoms. The molecular weight excluding hydrogens is 395 g/mol. The Balaban J connectivity index is 1.81. The first kappa shape index (κ1) is 20.7. The standard InChI is InChI=1S/C20H19FN4O3S/c1-2-4-18-19(26)24(13-14-7-9-16(21)10-8-14)20(29-18)23-22-12-15-5-3-6-17(11-15)25(27)28/h3,5-12,18H,2,4,13H2,1H3/b22-12-,23-20+/t18-/m0/s1. The molecule has 1 atom stereocenters. The van der Waals surface area contributed by atoms with E-state index in [9.17, 15) is 19.3 Å². The molecule has 0 spiro atoms. The topological polar surface area (TPSA) is 88.2 Å². The summed E-state index contributed by atoms with van der Waals surface area (Å²) in [5.74, 6) is -0.388. The Bertz CT molecular complexity index is 962. The van der Waals surface area contributed by atoms with Gasteiger partial charge in [-0.3, -0.25) is 19.8 Å². The summed E-state index contributed by atoms with van der Waals surface area (Å²) in [6.45, 7) is 2.28. The molecule has 1 amide bonds. The molecule has 2 aromatic rings. The molecule has 0 radical (unpaired) electrons. The van der Waals surface area contributed by atoms with Gasteiger partial charge in [0, 0.05) is 17.7 Å². The van der Waals surface area contributed by atoms with Crippen LogP contribution in [-0.2, 0) is 11.3 Å². The molecule has 1 aliphatic rings. The van der Waals surface area contributed by atoms with Gasteiger partial charge in [-0.2, -0.15) is 5.10 Å². The van der Waals surface area contributed by atoms with Crippen molar-refractivity contribution in [2.45, 2.75) is 31.6 Å². The molecule has 0 aromatic heterocycles. The molecule has 1 aliphatic heterocycles. The monoisotopic (exact) mass is 414 g/mol. The van der Waals surface area contributed by atoms with Gasteiger partial charge in [0.05, 0.1) is 22.9 Å². The maximum Gasteiger partial charge on any atom is 0.270 e. The largest absolute Gasteiger partial charge is 0.284 e. The Morgan fingerprint density at radius 1 is 1.28 bits per heavy atom. The maximum absolute atomic E-state index is 13.2. The molecule has 0 bridgehead atoms. The van der Waals surface area contributed by atoms with Crippen LogP contribution in [0.4, 0.5) is 10.1 Å². The Morgan fingerprint density at radius 3 is 2.72 bits per heavy atom. The van der Waals surface area contributed by atoms with E-state index in [1.54, 1.807) is 29.2 Å². The van der Waals surface area contributed by atoms with E-state index in [4.69, 9.17) is 0 Å². The average Bonchev–Trinajstić information content (AvgIpc) is 2.99. The molecule has 0 saturated carbocycles. The van der Waals surface area contributed by atoms with E-state index in [1.807, 2.05) is 6.92 Å². The van der Waals surface area contributed by atoms with Crippen molar-refractivity contribution in [2.24, 2.45) is 10.2 Å². The Hall–Kier alpha value is -3.07. The third kappa shape index (κ3) is 5.26. The van der Waals surface area contributed by atoms with Gasteiger partial charge in [-0.25, -0.2) is 4.39 Å². The molecule has 0 aliphatic carbocycles. The lowest BCUT2D eigenvalue weighted by Crippen LogP contribution is -2.31. The number of rotatable bonds is 7. The molecule has 0 N–H and O–H groups in total. The third-order valence-electron chi connectivity index (χ3n) is 4.26. The van der Waals surface area contributed by atoms with Gasteiger partial charge < -0.3 is 0 Å². The van der Waals surface area contributed by atoms with E-state index in [0.29, 0.717) is 10.7 Å². The molecule has 2 aromatic carbocycles. The number of nitro groups is 1. The number of thioether (sulfide) groups is 1. The zero-order valence-electron chi connectivity index (χ0n) is 15.7. The minimum atomic E-state index is -0.478. The van der Waals surface area contributed by atoms with Crippen molar-refractivity contribution >= 4 is 34.7 Å². The lowest BCUT2D eigenvalue weighted by molar-refractivity contribution is -0.384. The predicted molar refractivity (Wildman–Crippen MR) is 111 cm³/mol. The highest BCUT2D eigenvalue weighted by Gasteiger charge is 2.37. The second kappa shape index (κ2) is 9.42. The van der Waals surface area contributed by atoms with Crippen LogP contribution < -0.4 is 0 Å². The number of amides is 1. The SMILES string of the molecule is CCC[C@@H]1S/C(=N/N=C\c2cccc([N+](=O)[O-])c2)N(Cc2ccc(F)cc2)C1=O. The Labute approximate surface area is 171 Å². The number of amidine groups is 1. The molecular formula is C20H19FN4O3S. The fourth-order valence-electron chi connectivity index (χ4n) is 2.81. The molecule has 1 heterocycles. The minimum absolute atomic E-state index is 0.0343. The van der Waals surface area contributed by atoms with Gasteiger partial charge in [0.1, 0.15) is 5.82 Å². The van der Waals surface area contributed by atoms with E-state index in [-0.39, 0.29) is 29.2 Å². The van der Waals surface area contributed by atoms with E-state index >= 15 is 0 Å². The quantitative estimate of drug-likeness (QED) is 0.382. The van der Waals surface area contributed by atoms with Crippen molar-refractivity contribution in [2.75, 3.05) is 0 Å². The van der Waals surface area contributed by atoms with Crippen LogP contribution in [-0.4, -0.2) is 32.4 Å². The zero-order chi connectivity index (χ0) is 20.8. The van der Waals surface area contributed by atoms with Gasteiger partial charge in [-0.15, -0.1) is 5.10 Å². The second-order valence-electron chi connectivity index (χ2n) is 6.43. The van der Waals surface area contributed by atoms with Crippen molar-refractivity contribution in [3.8, 4) is 0 Å². The highest BCUT2D eigenvalue weighted by Crippen LogP contribution is 2.31. The van der Waals surface area contributed by atoms with Crippen LogP contribution >= 0.6 is 11.8 Å². The van der Waals surface area contributed by atoms with Crippen LogP contribution in [0, 0.1) is 15.9 Å². The number of non-ortho nitro benzene ring substituents is 1.